The second-order valence-electron chi connectivity index (χ2n) is 2.01. The van der Waals surface area contributed by atoms with Crippen LogP contribution in [0.25, 0.3) is 0 Å². The Bertz CT molecular complexity index is 48.9. The van der Waals surface area contributed by atoms with Crippen LogP contribution in [0.1, 0.15) is 39.5 Å². The van der Waals surface area contributed by atoms with E-state index < -0.39 is 0 Å². The number of hydrogen-bond donors (Lipinski definition) is 1. The molecule has 1 N–H and O–H groups in total. The first-order chi connectivity index (χ1) is 4.43. The first-order valence-corrected chi connectivity index (χ1v) is 3.73. The average Bonchev–Trinajstić information content (AvgIpc) is 2.43. The molecule has 1 fully saturated rings. The van der Waals surface area contributed by atoms with Crippen molar-refractivity contribution < 1.29 is 10.1 Å². The Hall–Kier alpha value is -0.0800. The van der Waals surface area contributed by atoms with Crippen LogP contribution in [-0.2, 0) is 4.89 Å². The van der Waals surface area contributed by atoms with E-state index >= 15 is 0 Å². The van der Waals surface area contributed by atoms with Gasteiger partial charge < -0.3 is 0 Å². The predicted octanol–water partition coefficient (Wildman–Crippen LogP) is 2.44. The lowest BCUT2D eigenvalue weighted by atomic mass is 10.3. The summed E-state index contributed by atoms with van der Waals surface area (Å²) >= 11 is 0. The summed E-state index contributed by atoms with van der Waals surface area (Å²) in [6.07, 6.45) is 4.66. The molecule has 0 radical (unpaired) electrons. The van der Waals surface area contributed by atoms with E-state index in [2.05, 4.69) is 4.89 Å². The van der Waals surface area contributed by atoms with Crippen LogP contribution in [0, 0.1) is 0 Å². The van der Waals surface area contributed by atoms with E-state index in [1.165, 1.54) is 12.8 Å². The molecular formula is C7H16O2. The molecule has 1 saturated carbocycles. The van der Waals surface area contributed by atoms with Crippen molar-refractivity contribution in [3.05, 3.63) is 0 Å². The molecule has 0 heterocycles. The Balaban J connectivity index is 0.000000291. The van der Waals surface area contributed by atoms with Crippen LogP contribution < -0.4 is 0 Å². The van der Waals surface area contributed by atoms with Crippen LogP contribution in [-0.4, -0.2) is 11.4 Å². The molecule has 2 nitrogen and oxygen atoms in total. The molecule has 0 atom stereocenters. The highest BCUT2D eigenvalue weighted by Crippen LogP contribution is 2.19. The van der Waals surface area contributed by atoms with Gasteiger partial charge in [0.25, 0.3) is 0 Å². The third-order valence-corrected chi connectivity index (χ3v) is 1.45. The zero-order chi connectivity index (χ0) is 7.11. The van der Waals surface area contributed by atoms with E-state index in [4.69, 9.17) is 5.26 Å². The lowest BCUT2D eigenvalue weighted by molar-refractivity contribution is -0.276. The Morgan fingerprint density at radius 3 is 1.89 bits per heavy atom. The molecule has 1 aliphatic rings. The summed E-state index contributed by atoms with van der Waals surface area (Å²) in [5.74, 6) is 0. The van der Waals surface area contributed by atoms with Crippen molar-refractivity contribution in [3.63, 3.8) is 0 Å². The van der Waals surface area contributed by atoms with E-state index in [-0.39, 0.29) is 6.10 Å². The van der Waals surface area contributed by atoms with E-state index in [1.807, 2.05) is 13.8 Å². The van der Waals surface area contributed by atoms with Crippen molar-refractivity contribution in [2.24, 2.45) is 0 Å². The Morgan fingerprint density at radius 1 is 1.22 bits per heavy atom. The molecule has 9 heavy (non-hydrogen) atoms. The lowest BCUT2D eigenvalue weighted by Gasteiger charge is -1.99. The molecular weight excluding hydrogens is 116 g/mol. The summed E-state index contributed by atoms with van der Waals surface area (Å²) in [6, 6.07) is 0. The molecule has 0 aromatic rings. The van der Waals surface area contributed by atoms with Crippen LogP contribution in [0.5, 0.6) is 0 Å². The summed E-state index contributed by atoms with van der Waals surface area (Å²) < 4.78 is 0. The second-order valence-corrected chi connectivity index (χ2v) is 2.01. The zero-order valence-electron chi connectivity index (χ0n) is 6.26. The lowest BCUT2D eigenvalue weighted by Crippen LogP contribution is -2.02. The Morgan fingerprint density at radius 2 is 1.67 bits per heavy atom. The van der Waals surface area contributed by atoms with E-state index in [0.717, 1.165) is 12.8 Å². The zero-order valence-corrected chi connectivity index (χ0v) is 6.26. The van der Waals surface area contributed by atoms with Crippen molar-refractivity contribution in [2.75, 3.05) is 0 Å². The summed E-state index contributed by atoms with van der Waals surface area (Å²) in [5.41, 5.74) is 0. The maximum Gasteiger partial charge on any atom is 0.0927 e. The molecule has 0 aromatic heterocycles. The summed E-state index contributed by atoms with van der Waals surface area (Å²) in [4.78, 5) is 4.11. The molecule has 0 aromatic carbocycles. The molecule has 2 heteroatoms. The van der Waals surface area contributed by atoms with Gasteiger partial charge in [-0.05, 0) is 12.8 Å². The summed E-state index contributed by atoms with van der Waals surface area (Å²) in [6.45, 7) is 4.00. The van der Waals surface area contributed by atoms with Crippen molar-refractivity contribution in [1.29, 1.82) is 0 Å². The smallest absolute Gasteiger partial charge is 0.0927 e. The molecule has 1 aliphatic carbocycles. The van der Waals surface area contributed by atoms with E-state index in [1.54, 1.807) is 0 Å². The predicted molar refractivity (Wildman–Crippen MR) is 37.3 cm³/mol. The van der Waals surface area contributed by atoms with Crippen LogP contribution in [0.3, 0.4) is 0 Å². The molecule has 0 spiro atoms. The monoisotopic (exact) mass is 132 g/mol. The quantitative estimate of drug-likeness (QED) is 0.438. The molecule has 0 amide bonds. The van der Waals surface area contributed by atoms with Crippen molar-refractivity contribution in [2.45, 2.75) is 45.6 Å². The van der Waals surface area contributed by atoms with Gasteiger partial charge in [-0.2, -0.15) is 0 Å². The third-order valence-electron chi connectivity index (χ3n) is 1.45. The minimum atomic E-state index is 0.153. The van der Waals surface area contributed by atoms with Crippen LogP contribution in [0.2, 0.25) is 0 Å². The minimum Gasteiger partial charge on any atom is -0.252 e. The Labute approximate surface area is 56.8 Å². The van der Waals surface area contributed by atoms with Crippen molar-refractivity contribution in [1.82, 2.24) is 0 Å². The molecule has 0 aliphatic heterocycles. The standard InChI is InChI=1S/C5H10O2.C2H6/c6-7-5-3-1-2-4-5;1-2/h5-6H,1-4H2;1-2H3. The topological polar surface area (TPSA) is 29.5 Å². The van der Waals surface area contributed by atoms with Crippen LogP contribution in [0.4, 0.5) is 0 Å². The second kappa shape index (κ2) is 6.05. The third kappa shape index (κ3) is 3.49. The molecule has 0 saturated heterocycles. The van der Waals surface area contributed by atoms with Crippen molar-refractivity contribution >= 4 is 0 Å². The van der Waals surface area contributed by atoms with Gasteiger partial charge in [-0.25, -0.2) is 4.89 Å². The summed E-state index contributed by atoms with van der Waals surface area (Å²) in [7, 11) is 0. The highest BCUT2D eigenvalue weighted by Gasteiger charge is 2.14. The van der Waals surface area contributed by atoms with Gasteiger partial charge in [0, 0.05) is 0 Å². The normalized spacial score (nSPS) is 19.0. The maximum absolute atomic E-state index is 8.07. The first-order valence-electron chi connectivity index (χ1n) is 3.73. The van der Waals surface area contributed by atoms with Gasteiger partial charge in [0.15, 0.2) is 0 Å². The van der Waals surface area contributed by atoms with Gasteiger partial charge in [-0.1, -0.05) is 26.7 Å². The van der Waals surface area contributed by atoms with Gasteiger partial charge in [0.1, 0.15) is 0 Å². The Kier molecular flexibility index (Phi) is 5.99. The highest BCUT2D eigenvalue weighted by molar-refractivity contribution is 4.64. The van der Waals surface area contributed by atoms with Gasteiger partial charge >= 0.3 is 0 Å². The molecule has 0 bridgehead atoms. The highest BCUT2D eigenvalue weighted by atomic mass is 17.1. The van der Waals surface area contributed by atoms with Gasteiger partial charge in [0.05, 0.1) is 6.10 Å². The molecule has 1 rings (SSSR count). The SMILES string of the molecule is CC.OOC1CCCC1. The maximum atomic E-state index is 8.07. The molecule has 56 valence electrons. The number of hydrogen-bond acceptors (Lipinski definition) is 2. The fourth-order valence-electron chi connectivity index (χ4n) is 0.994. The van der Waals surface area contributed by atoms with E-state index in [9.17, 15) is 0 Å². The fraction of sp³-hybridized carbons (Fsp3) is 1.00. The number of rotatable bonds is 1. The van der Waals surface area contributed by atoms with Crippen molar-refractivity contribution in [3.8, 4) is 0 Å². The van der Waals surface area contributed by atoms with Crippen LogP contribution >= 0.6 is 0 Å². The largest absolute Gasteiger partial charge is 0.252 e. The summed E-state index contributed by atoms with van der Waals surface area (Å²) in [5, 5.41) is 8.07. The van der Waals surface area contributed by atoms with Crippen LogP contribution in [0.15, 0.2) is 0 Å². The first kappa shape index (κ1) is 8.92. The average molecular weight is 132 g/mol. The fourth-order valence-corrected chi connectivity index (χ4v) is 0.994. The van der Waals surface area contributed by atoms with Gasteiger partial charge in [-0.3, -0.25) is 5.26 Å². The minimum absolute atomic E-state index is 0.153. The molecule has 0 unspecified atom stereocenters. The van der Waals surface area contributed by atoms with Gasteiger partial charge in [-0.15, -0.1) is 0 Å². The van der Waals surface area contributed by atoms with E-state index in [0.29, 0.717) is 0 Å². The van der Waals surface area contributed by atoms with Gasteiger partial charge in [0.2, 0.25) is 0 Å².